The summed E-state index contributed by atoms with van der Waals surface area (Å²) in [5, 5.41) is 10.2. The van der Waals surface area contributed by atoms with Crippen LogP contribution in [0.4, 0.5) is 5.69 Å². The molecule has 0 radical (unpaired) electrons. The van der Waals surface area contributed by atoms with E-state index in [-0.39, 0.29) is 16.9 Å². The molecule has 144 valence electrons. The van der Waals surface area contributed by atoms with Crippen molar-refractivity contribution in [2.24, 2.45) is 5.14 Å². The molecule has 2 rings (SSSR count). The van der Waals surface area contributed by atoms with Crippen LogP contribution in [0.5, 0.6) is 0 Å². The van der Waals surface area contributed by atoms with Crippen molar-refractivity contribution in [3.63, 3.8) is 0 Å². The van der Waals surface area contributed by atoms with Gasteiger partial charge in [-0.3, -0.25) is 9.59 Å². The highest BCUT2D eigenvalue weighted by atomic mass is 32.2. The molecule has 7 nitrogen and oxygen atoms in total. The lowest BCUT2D eigenvalue weighted by atomic mass is 9.86. The first-order valence-corrected chi connectivity index (χ1v) is 9.83. The van der Waals surface area contributed by atoms with Crippen LogP contribution in [0.3, 0.4) is 0 Å². The van der Waals surface area contributed by atoms with Crippen molar-refractivity contribution in [1.82, 2.24) is 5.32 Å². The van der Waals surface area contributed by atoms with Crippen molar-refractivity contribution in [2.75, 3.05) is 5.32 Å². The number of carbonyl (C=O) groups excluding carboxylic acids is 2. The minimum atomic E-state index is -3.77. The van der Waals surface area contributed by atoms with E-state index in [0.29, 0.717) is 11.3 Å². The third-order valence-electron chi connectivity index (χ3n) is 3.89. The number of hydrogen-bond acceptors (Lipinski definition) is 4. The molecule has 2 aromatic carbocycles. The number of sulfonamides is 1. The Morgan fingerprint density at radius 2 is 1.56 bits per heavy atom. The predicted octanol–water partition coefficient (Wildman–Crippen LogP) is 1.89. The number of nitrogens with two attached hydrogens (primary N) is 1. The summed E-state index contributed by atoms with van der Waals surface area (Å²) in [6.45, 7) is 6.13. The van der Waals surface area contributed by atoms with E-state index in [0.717, 1.165) is 5.56 Å². The number of primary sulfonamides is 1. The first-order chi connectivity index (χ1) is 12.5. The highest BCUT2D eigenvalue weighted by Gasteiger charge is 2.21. The maximum absolute atomic E-state index is 12.2. The van der Waals surface area contributed by atoms with E-state index in [9.17, 15) is 18.0 Å². The lowest BCUT2D eigenvalue weighted by Gasteiger charge is -2.22. The van der Waals surface area contributed by atoms with Crippen LogP contribution in [0.2, 0.25) is 0 Å². The van der Waals surface area contributed by atoms with Gasteiger partial charge in [-0.15, -0.1) is 0 Å². The highest BCUT2D eigenvalue weighted by Crippen LogP contribution is 2.29. The zero-order chi connectivity index (χ0) is 20.2. The molecular formula is C19H23N3O4S. The second-order valence-electron chi connectivity index (χ2n) is 7.12. The molecule has 0 saturated heterocycles. The molecule has 2 amide bonds. The third-order valence-corrected chi connectivity index (χ3v) is 4.82. The Balaban J connectivity index is 2.00. The fourth-order valence-electron chi connectivity index (χ4n) is 2.48. The van der Waals surface area contributed by atoms with E-state index in [2.05, 4.69) is 10.6 Å². The Hall–Kier alpha value is -2.71. The summed E-state index contributed by atoms with van der Waals surface area (Å²) in [6.07, 6.45) is 0. The maximum Gasteiger partial charge on any atom is 0.313 e. The van der Waals surface area contributed by atoms with Gasteiger partial charge in [0, 0.05) is 12.2 Å². The normalized spacial score (nSPS) is 11.7. The van der Waals surface area contributed by atoms with E-state index >= 15 is 0 Å². The fraction of sp³-hybridized carbons (Fsp3) is 0.263. The Bertz CT molecular complexity index is 946. The van der Waals surface area contributed by atoms with Crippen LogP contribution < -0.4 is 15.8 Å². The molecule has 27 heavy (non-hydrogen) atoms. The van der Waals surface area contributed by atoms with E-state index < -0.39 is 21.8 Å². The molecule has 8 heteroatoms. The SMILES string of the molecule is CC(C)(C)c1ccccc1NC(=O)C(=O)NCc1ccc(S(N)(=O)=O)cc1. The number of carbonyl (C=O) groups is 2. The van der Waals surface area contributed by atoms with E-state index in [1.54, 1.807) is 12.1 Å². The fourth-order valence-corrected chi connectivity index (χ4v) is 3.00. The van der Waals surface area contributed by atoms with Crippen LogP contribution in [-0.4, -0.2) is 20.2 Å². The molecular weight excluding hydrogens is 366 g/mol. The second-order valence-corrected chi connectivity index (χ2v) is 8.68. The number of para-hydroxylation sites is 1. The number of hydrogen-bond donors (Lipinski definition) is 3. The van der Waals surface area contributed by atoms with Gasteiger partial charge in [0.15, 0.2) is 0 Å². The van der Waals surface area contributed by atoms with Crippen LogP contribution in [0.15, 0.2) is 53.4 Å². The molecule has 0 aliphatic heterocycles. The average Bonchev–Trinajstić information content (AvgIpc) is 2.58. The van der Waals surface area contributed by atoms with Crippen molar-refractivity contribution >= 4 is 27.5 Å². The number of nitrogens with one attached hydrogen (secondary N) is 2. The van der Waals surface area contributed by atoms with Crippen molar-refractivity contribution < 1.29 is 18.0 Å². The minimum Gasteiger partial charge on any atom is -0.344 e. The van der Waals surface area contributed by atoms with Gasteiger partial charge in [0.25, 0.3) is 0 Å². The van der Waals surface area contributed by atoms with Gasteiger partial charge < -0.3 is 10.6 Å². The van der Waals surface area contributed by atoms with Crippen LogP contribution in [0.1, 0.15) is 31.9 Å². The van der Waals surface area contributed by atoms with Gasteiger partial charge in [-0.25, -0.2) is 13.6 Å². The summed E-state index contributed by atoms with van der Waals surface area (Å²) in [4.78, 5) is 24.2. The molecule has 0 aliphatic rings. The number of rotatable bonds is 4. The Morgan fingerprint density at radius 3 is 2.11 bits per heavy atom. The average molecular weight is 389 g/mol. The molecule has 0 heterocycles. The summed E-state index contributed by atoms with van der Waals surface area (Å²) < 4.78 is 22.5. The smallest absolute Gasteiger partial charge is 0.313 e. The first kappa shape index (κ1) is 20.6. The molecule has 0 unspecified atom stereocenters. The highest BCUT2D eigenvalue weighted by molar-refractivity contribution is 7.89. The van der Waals surface area contributed by atoms with E-state index in [1.165, 1.54) is 24.3 Å². The van der Waals surface area contributed by atoms with Gasteiger partial charge in [-0.1, -0.05) is 51.1 Å². The number of anilines is 1. The summed E-state index contributed by atoms with van der Waals surface area (Å²) in [5.74, 6) is -1.55. The Labute approximate surface area is 159 Å². The molecule has 0 aliphatic carbocycles. The van der Waals surface area contributed by atoms with Gasteiger partial charge >= 0.3 is 11.8 Å². The van der Waals surface area contributed by atoms with Gasteiger partial charge in [-0.05, 0) is 34.7 Å². The number of amides is 2. The zero-order valence-electron chi connectivity index (χ0n) is 15.4. The second kappa shape index (κ2) is 7.89. The standard InChI is InChI=1S/C19H23N3O4S/c1-19(2,3)15-6-4-5-7-16(15)22-18(24)17(23)21-12-13-8-10-14(11-9-13)27(20,25)26/h4-11H,12H2,1-3H3,(H,21,23)(H,22,24)(H2,20,25,26). The van der Waals surface area contributed by atoms with Crippen LogP contribution in [0.25, 0.3) is 0 Å². The maximum atomic E-state index is 12.2. The zero-order valence-corrected chi connectivity index (χ0v) is 16.3. The van der Waals surface area contributed by atoms with Gasteiger partial charge in [0.2, 0.25) is 10.0 Å². The molecule has 0 aromatic heterocycles. The van der Waals surface area contributed by atoms with Crippen molar-refractivity contribution in [1.29, 1.82) is 0 Å². The van der Waals surface area contributed by atoms with Crippen molar-refractivity contribution in [3.8, 4) is 0 Å². The molecule has 0 spiro atoms. The molecule has 0 fully saturated rings. The first-order valence-electron chi connectivity index (χ1n) is 8.29. The Morgan fingerprint density at radius 1 is 0.963 bits per heavy atom. The number of benzene rings is 2. The van der Waals surface area contributed by atoms with E-state index in [1.807, 2.05) is 32.9 Å². The monoisotopic (exact) mass is 389 g/mol. The van der Waals surface area contributed by atoms with Crippen LogP contribution >= 0.6 is 0 Å². The van der Waals surface area contributed by atoms with E-state index in [4.69, 9.17) is 5.14 Å². The van der Waals surface area contributed by atoms with Crippen LogP contribution in [0, 0.1) is 0 Å². The minimum absolute atomic E-state index is 0.0193. The quantitative estimate of drug-likeness (QED) is 0.692. The lowest BCUT2D eigenvalue weighted by Crippen LogP contribution is -2.35. The summed E-state index contributed by atoms with van der Waals surface area (Å²) in [6, 6.07) is 13.0. The Kier molecular flexibility index (Phi) is 6.02. The summed E-state index contributed by atoms with van der Waals surface area (Å²) in [7, 11) is -3.77. The van der Waals surface area contributed by atoms with Crippen LogP contribution in [-0.2, 0) is 31.6 Å². The summed E-state index contributed by atoms with van der Waals surface area (Å²) >= 11 is 0. The molecule has 2 aromatic rings. The summed E-state index contributed by atoms with van der Waals surface area (Å²) in [5.41, 5.74) is 1.96. The predicted molar refractivity (Wildman–Crippen MR) is 103 cm³/mol. The third kappa shape index (κ3) is 5.63. The topological polar surface area (TPSA) is 118 Å². The van der Waals surface area contributed by atoms with Crippen molar-refractivity contribution in [3.05, 3.63) is 59.7 Å². The largest absolute Gasteiger partial charge is 0.344 e. The molecule has 0 saturated carbocycles. The molecule has 0 atom stereocenters. The molecule has 4 N–H and O–H groups in total. The van der Waals surface area contributed by atoms with Crippen molar-refractivity contribution in [2.45, 2.75) is 37.6 Å². The lowest BCUT2D eigenvalue weighted by molar-refractivity contribution is -0.136. The van der Waals surface area contributed by atoms with Gasteiger partial charge in [-0.2, -0.15) is 0 Å². The van der Waals surface area contributed by atoms with Gasteiger partial charge in [0.05, 0.1) is 4.90 Å². The molecule has 0 bridgehead atoms. The van der Waals surface area contributed by atoms with Gasteiger partial charge in [0.1, 0.15) is 0 Å².